The number of rotatable bonds is 5. The van der Waals surface area contributed by atoms with Crippen LogP contribution in [0.25, 0.3) is 0 Å². The number of alkyl halides is 1. The van der Waals surface area contributed by atoms with Gasteiger partial charge in [-0.15, -0.1) is 11.6 Å². The van der Waals surface area contributed by atoms with Crippen molar-refractivity contribution in [3.63, 3.8) is 0 Å². The van der Waals surface area contributed by atoms with E-state index in [1.165, 1.54) is 45.3 Å². The molecule has 12 heavy (non-hydrogen) atoms. The van der Waals surface area contributed by atoms with Gasteiger partial charge >= 0.3 is 0 Å². The van der Waals surface area contributed by atoms with E-state index in [1.54, 1.807) is 0 Å². The summed E-state index contributed by atoms with van der Waals surface area (Å²) >= 11 is 5.62. The first kappa shape index (κ1) is 10.3. The van der Waals surface area contributed by atoms with Crippen molar-refractivity contribution < 1.29 is 0 Å². The van der Waals surface area contributed by atoms with Crippen LogP contribution in [0.2, 0.25) is 0 Å². The van der Waals surface area contributed by atoms with Gasteiger partial charge in [-0.25, -0.2) is 0 Å². The average molecular weight is 190 g/mol. The largest absolute Gasteiger partial charge is 0.303 e. The fraction of sp³-hybridized carbons (Fsp3) is 1.00. The Hall–Kier alpha value is 0.250. The molecule has 72 valence electrons. The highest BCUT2D eigenvalue weighted by Gasteiger charge is 2.19. The zero-order chi connectivity index (χ0) is 8.81. The van der Waals surface area contributed by atoms with Gasteiger partial charge < -0.3 is 4.90 Å². The predicted octanol–water partition coefficient (Wildman–Crippen LogP) is 2.74. The van der Waals surface area contributed by atoms with Crippen LogP contribution in [-0.2, 0) is 0 Å². The second-order valence-corrected chi connectivity index (χ2v) is 4.14. The minimum atomic E-state index is 0.824. The Balaban J connectivity index is 2.03. The zero-order valence-electron chi connectivity index (χ0n) is 8.06. The van der Waals surface area contributed by atoms with Gasteiger partial charge in [-0.3, -0.25) is 0 Å². The summed E-state index contributed by atoms with van der Waals surface area (Å²) in [7, 11) is 0. The first-order valence-electron chi connectivity index (χ1n) is 5.15. The minimum absolute atomic E-state index is 0.824. The molecule has 0 aliphatic carbocycles. The number of hydrogen-bond acceptors (Lipinski definition) is 1. The third-order valence-corrected chi connectivity index (χ3v) is 3.07. The van der Waals surface area contributed by atoms with Gasteiger partial charge in [-0.2, -0.15) is 0 Å². The molecule has 1 nitrogen and oxygen atoms in total. The summed E-state index contributed by atoms with van der Waals surface area (Å²) in [6.45, 7) is 6.22. The maximum absolute atomic E-state index is 5.62. The van der Waals surface area contributed by atoms with E-state index in [9.17, 15) is 0 Å². The Bertz CT molecular complexity index is 116. The second kappa shape index (κ2) is 5.82. The Kier molecular flexibility index (Phi) is 5.01. The molecule has 0 aromatic carbocycles. The molecule has 0 amide bonds. The van der Waals surface area contributed by atoms with E-state index in [-0.39, 0.29) is 0 Å². The monoisotopic (exact) mass is 189 g/mol. The van der Waals surface area contributed by atoms with E-state index in [2.05, 4.69) is 11.8 Å². The molecule has 0 saturated carbocycles. The van der Waals surface area contributed by atoms with Crippen LogP contribution in [0.3, 0.4) is 0 Å². The molecule has 0 radical (unpaired) electrons. The molecule has 1 rings (SSSR count). The topological polar surface area (TPSA) is 3.24 Å². The normalized spacial score (nSPS) is 25.0. The molecule has 0 spiro atoms. The van der Waals surface area contributed by atoms with Crippen LogP contribution in [0.1, 0.15) is 32.6 Å². The highest BCUT2D eigenvalue weighted by atomic mass is 35.5. The molecular weight excluding hydrogens is 170 g/mol. The van der Waals surface area contributed by atoms with Crippen molar-refractivity contribution >= 4 is 11.6 Å². The summed E-state index contributed by atoms with van der Waals surface area (Å²) in [6, 6.07) is 0. The average Bonchev–Trinajstić information content (AvgIpc) is 2.53. The smallest absolute Gasteiger partial charge is 0.0223 e. The van der Waals surface area contributed by atoms with Gasteiger partial charge in [0.2, 0.25) is 0 Å². The standard InChI is InChI=1S/C10H20ClN/c1-2-10-5-8-12(9-10)7-4-3-6-11/h10H,2-9H2,1H3. The molecule has 1 aliphatic rings. The summed E-state index contributed by atoms with van der Waals surface area (Å²) in [6.07, 6.45) is 5.22. The van der Waals surface area contributed by atoms with Gasteiger partial charge in [0.15, 0.2) is 0 Å². The van der Waals surface area contributed by atoms with Crippen LogP contribution in [0, 0.1) is 5.92 Å². The molecule has 1 saturated heterocycles. The lowest BCUT2D eigenvalue weighted by molar-refractivity contribution is 0.317. The van der Waals surface area contributed by atoms with Crippen molar-refractivity contribution in [3.05, 3.63) is 0 Å². The first-order chi connectivity index (χ1) is 5.86. The lowest BCUT2D eigenvalue weighted by Crippen LogP contribution is -2.21. The van der Waals surface area contributed by atoms with E-state index in [4.69, 9.17) is 11.6 Å². The third-order valence-electron chi connectivity index (χ3n) is 2.81. The SMILES string of the molecule is CCC1CCN(CCCCCl)C1. The summed E-state index contributed by atoms with van der Waals surface area (Å²) in [5, 5.41) is 0. The van der Waals surface area contributed by atoms with Crippen molar-refractivity contribution in [1.82, 2.24) is 4.90 Å². The maximum atomic E-state index is 5.62. The Morgan fingerprint density at radius 1 is 1.42 bits per heavy atom. The number of unbranched alkanes of at least 4 members (excludes halogenated alkanes) is 1. The summed E-state index contributed by atoms with van der Waals surface area (Å²) < 4.78 is 0. The molecule has 1 atom stereocenters. The Morgan fingerprint density at radius 2 is 2.25 bits per heavy atom. The van der Waals surface area contributed by atoms with Gasteiger partial charge in [0.25, 0.3) is 0 Å². The Morgan fingerprint density at radius 3 is 2.83 bits per heavy atom. The molecule has 2 heteroatoms. The molecule has 1 fully saturated rings. The number of hydrogen-bond donors (Lipinski definition) is 0. The first-order valence-corrected chi connectivity index (χ1v) is 5.68. The highest BCUT2D eigenvalue weighted by molar-refractivity contribution is 6.17. The minimum Gasteiger partial charge on any atom is -0.303 e. The van der Waals surface area contributed by atoms with Gasteiger partial charge in [0.1, 0.15) is 0 Å². The fourth-order valence-corrected chi connectivity index (χ4v) is 2.07. The van der Waals surface area contributed by atoms with Crippen LogP contribution < -0.4 is 0 Å². The van der Waals surface area contributed by atoms with Crippen molar-refractivity contribution in [2.45, 2.75) is 32.6 Å². The van der Waals surface area contributed by atoms with Crippen molar-refractivity contribution in [2.75, 3.05) is 25.5 Å². The molecule has 0 aromatic rings. The second-order valence-electron chi connectivity index (χ2n) is 3.76. The molecule has 1 aliphatic heterocycles. The van der Waals surface area contributed by atoms with Crippen LogP contribution in [0.4, 0.5) is 0 Å². The zero-order valence-corrected chi connectivity index (χ0v) is 8.82. The molecular formula is C10H20ClN. The van der Waals surface area contributed by atoms with Crippen LogP contribution in [0.15, 0.2) is 0 Å². The van der Waals surface area contributed by atoms with E-state index >= 15 is 0 Å². The number of likely N-dealkylation sites (tertiary alicyclic amines) is 1. The number of nitrogens with zero attached hydrogens (tertiary/aromatic N) is 1. The van der Waals surface area contributed by atoms with Gasteiger partial charge in [-0.1, -0.05) is 13.3 Å². The lowest BCUT2D eigenvalue weighted by atomic mass is 10.1. The maximum Gasteiger partial charge on any atom is 0.0223 e. The third kappa shape index (κ3) is 3.32. The van der Waals surface area contributed by atoms with Crippen molar-refractivity contribution in [3.8, 4) is 0 Å². The molecule has 0 bridgehead atoms. The summed E-state index contributed by atoms with van der Waals surface area (Å²) in [4.78, 5) is 2.58. The van der Waals surface area contributed by atoms with Crippen LogP contribution in [0.5, 0.6) is 0 Å². The summed E-state index contributed by atoms with van der Waals surface area (Å²) in [5.41, 5.74) is 0. The van der Waals surface area contributed by atoms with E-state index in [1.807, 2.05) is 0 Å². The van der Waals surface area contributed by atoms with Gasteiger partial charge in [0.05, 0.1) is 0 Å². The van der Waals surface area contributed by atoms with Crippen molar-refractivity contribution in [2.24, 2.45) is 5.92 Å². The molecule has 1 unspecified atom stereocenters. The van der Waals surface area contributed by atoms with Crippen LogP contribution >= 0.6 is 11.6 Å². The number of halogens is 1. The van der Waals surface area contributed by atoms with Gasteiger partial charge in [0, 0.05) is 12.4 Å². The predicted molar refractivity (Wildman–Crippen MR) is 54.8 cm³/mol. The molecule has 0 aromatic heterocycles. The van der Waals surface area contributed by atoms with E-state index < -0.39 is 0 Å². The molecule has 1 heterocycles. The van der Waals surface area contributed by atoms with Gasteiger partial charge in [-0.05, 0) is 38.3 Å². The Labute approximate surface area is 81.1 Å². The molecule has 0 N–H and O–H groups in total. The summed E-state index contributed by atoms with van der Waals surface area (Å²) in [5.74, 6) is 1.80. The van der Waals surface area contributed by atoms with Crippen LogP contribution in [-0.4, -0.2) is 30.4 Å². The lowest BCUT2D eigenvalue weighted by Gasteiger charge is -2.14. The van der Waals surface area contributed by atoms with E-state index in [0.717, 1.165) is 11.8 Å². The van der Waals surface area contributed by atoms with Crippen molar-refractivity contribution in [1.29, 1.82) is 0 Å². The quantitative estimate of drug-likeness (QED) is 0.475. The fourth-order valence-electron chi connectivity index (χ4n) is 1.88. The highest BCUT2D eigenvalue weighted by Crippen LogP contribution is 2.18. The van der Waals surface area contributed by atoms with E-state index in [0.29, 0.717) is 0 Å².